The lowest BCUT2D eigenvalue weighted by atomic mass is 10.0. The molecule has 3 aliphatic rings. The predicted molar refractivity (Wildman–Crippen MR) is 182 cm³/mol. The SMILES string of the molecule is CC(=O)N1CCC(OC(=O)N(CCCN2CC3CN(C(=O)c4ccc(N(C)C)nc4N(C)C)CC3C2)c2ccc(C)c(Cl)c2)CC1. The molecule has 5 rings (SSSR count). The lowest BCUT2D eigenvalue weighted by molar-refractivity contribution is -0.130. The number of carbonyl (C=O) groups is 3. The number of likely N-dealkylation sites (tertiary alicyclic amines) is 3. The Morgan fingerprint density at radius 2 is 1.61 bits per heavy atom. The molecular formula is C34H48ClN7O4. The van der Waals surface area contributed by atoms with Crippen molar-refractivity contribution in [2.45, 2.75) is 39.2 Å². The fourth-order valence-electron chi connectivity index (χ4n) is 6.83. The van der Waals surface area contributed by atoms with Crippen molar-refractivity contribution in [3.8, 4) is 0 Å². The second kappa shape index (κ2) is 14.5. The van der Waals surface area contributed by atoms with Gasteiger partial charge in [-0.3, -0.25) is 14.5 Å². The molecule has 46 heavy (non-hydrogen) atoms. The van der Waals surface area contributed by atoms with Crippen molar-refractivity contribution in [1.82, 2.24) is 19.7 Å². The minimum atomic E-state index is -0.376. The van der Waals surface area contributed by atoms with Crippen LogP contribution in [-0.4, -0.2) is 124 Å². The first kappa shape index (κ1) is 33.8. The molecule has 2 unspecified atom stereocenters. The van der Waals surface area contributed by atoms with E-state index in [1.54, 1.807) is 16.7 Å². The summed E-state index contributed by atoms with van der Waals surface area (Å²) in [5, 5.41) is 0.610. The van der Waals surface area contributed by atoms with Crippen molar-refractivity contribution in [2.75, 3.05) is 95.2 Å². The molecule has 3 fully saturated rings. The quantitative estimate of drug-likeness (QED) is 0.397. The second-order valence-corrected chi connectivity index (χ2v) is 13.8. The summed E-state index contributed by atoms with van der Waals surface area (Å²) < 4.78 is 5.95. The first-order chi connectivity index (χ1) is 21.9. The number of pyridine rings is 1. The summed E-state index contributed by atoms with van der Waals surface area (Å²) in [5.74, 6) is 2.46. The number of amides is 3. The summed E-state index contributed by atoms with van der Waals surface area (Å²) in [6.07, 6.45) is 1.46. The molecule has 3 saturated heterocycles. The zero-order chi connectivity index (χ0) is 33.1. The minimum Gasteiger partial charge on any atom is -0.446 e. The predicted octanol–water partition coefficient (Wildman–Crippen LogP) is 4.22. The maximum absolute atomic E-state index is 13.6. The van der Waals surface area contributed by atoms with Crippen molar-refractivity contribution in [2.24, 2.45) is 11.8 Å². The average molecular weight is 654 g/mol. The minimum absolute atomic E-state index is 0.0420. The van der Waals surface area contributed by atoms with Crippen LogP contribution in [0, 0.1) is 18.8 Å². The number of carbonyl (C=O) groups excluding carboxylic acids is 3. The van der Waals surface area contributed by atoms with Gasteiger partial charge in [-0.05, 0) is 61.6 Å². The van der Waals surface area contributed by atoms with E-state index in [4.69, 9.17) is 21.3 Å². The molecule has 0 N–H and O–H groups in total. The molecule has 250 valence electrons. The zero-order valence-corrected chi connectivity index (χ0v) is 28.8. The highest BCUT2D eigenvalue weighted by Gasteiger charge is 2.42. The van der Waals surface area contributed by atoms with Crippen LogP contribution in [0.3, 0.4) is 0 Å². The van der Waals surface area contributed by atoms with Gasteiger partial charge in [-0.1, -0.05) is 17.7 Å². The van der Waals surface area contributed by atoms with E-state index in [-0.39, 0.29) is 24.0 Å². The number of rotatable bonds is 9. The van der Waals surface area contributed by atoms with Crippen molar-refractivity contribution in [1.29, 1.82) is 0 Å². The third kappa shape index (κ3) is 7.69. The monoisotopic (exact) mass is 653 g/mol. The van der Waals surface area contributed by atoms with Crippen molar-refractivity contribution >= 4 is 46.8 Å². The summed E-state index contributed by atoms with van der Waals surface area (Å²) in [7, 11) is 7.73. The van der Waals surface area contributed by atoms with Gasteiger partial charge >= 0.3 is 6.09 Å². The molecule has 12 heteroatoms. The van der Waals surface area contributed by atoms with Crippen molar-refractivity contribution in [3.05, 3.63) is 46.5 Å². The summed E-state index contributed by atoms with van der Waals surface area (Å²) in [5.41, 5.74) is 2.31. The van der Waals surface area contributed by atoms with Gasteiger partial charge in [0.2, 0.25) is 5.91 Å². The van der Waals surface area contributed by atoms with Crippen molar-refractivity contribution < 1.29 is 19.1 Å². The van der Waals surface area contributed by atoms with Crippen LogP contribution in [0.5, 0.6) is 0 Å². The van der Waals surface area contributed by atoms with Gasteiger partial charge in [0.25, 0.3) is 5.91 Å². The molecule has 0 bridgehead atoms. The molecule has 4 heterocycles. The summed E-state index contributed by atoms with van der Waals surface area (Å²) in [6.45, 7) is 9.41. The van der Waals surface area contributed by atoms with Crippen LogP contribution in [-0.2, 0) is 9.53 Å². The van der Waals surface area contributed by atoms with Gasteiger partial charge in [0.1, 0.15) is 17.7 Å². The fourth-order valence-corrected chi connectivity index (χ4v) is 7.00. The average Bonchev–Trinajstić information content (AvgIpc) is 3.59. The van der Waals surface area contributed by atoms with E-state index in [9.17, 15) is 14.4 Å². The van der Waals surface area contributed by atoms with E-state index in [1.807, 2.05) is 80.1 Å². The van der Waals surface area contributed by atoms with Crippen molar-refractivity contribution in [3.63, 3.8) is 0 Å². The van der Waals surface area contributed by atoms with Crippen LogP contribution in [0.25, 0.3) is 0 Å². The van der Waals surface area contributed by atoms with Crippen LogP contribution in [0.15, 0.2) is 30.3 Å². The van der Waals surface area contributed by atoms with Gasteiger partial charge in [0, 0.05) is 104 Å². The molecule has 0 aliphatic carbocycles. The Morgan fingerprint density at radius 1 is 0.935 bits per heavy atom. The van der Waals surface area contributed by atoms with Crippen LogP contribution < -0.4 is 14.7 Å². The molecule has 0 spiro atoms. The Bertz CT molecular complexity index is 1410. The van der Waals surface area contributed by atoms with E-state index < -0.39 is 0 Å². The van der Waals surface area contributed by atoms with Gasteiger partial charge in [0.15, 0.2) is 0 Å². The Balaban J connectivity index is 1.15. The Kier molecular flexibility index (Phi) is 10.6. The van der Waals surface area contributed by atoms with E-state index in [1.165, 1.54) is 0 Å². The Labute approximate surface area is 278 Å². The second-order valence-electron chi connectivity index (χ2n) is 13.3. The third-order valence-electron chi connectivity index (χ3n) is 9.52. The van der Waals surface area contributed by atoms with Gasteiger partial charge in [0.05, 0.1) is 5.56 Å². The molecular weight excluding hydrogens is 606 g/mol. The number of fused-ring (bicyclic) bond motifs is 1. The lowest BCUT2D eigenvalue weighted by Crippen LogP contribution is -2.43. The molecule has 3 amide bonds. The number of aromatic nitrogens is 1. The number of anilines is 3. The topological polar surface area (TPSA) is 92.8 Å². The standard InChI is InChI=1S/C34H48ClN7O4/c1-23-8-9-27(18-30(23)35)42(34(45)46-28-12-16-40(17-13-28)24(2)43)15-7-14-39-19-25-21-41(22-26(25)20-39)33(44)29-10-11-31(37(3)4)36-32(29)38(5)6/h8-11,18,25-26,28H,7,12-17,19-22H2,1-6H3. The smallest absolute Gasteiger partial charge is 0.414 e. The van der Waals surface area contributed by atoms with Crippen LogP contribution in [0.1, 0.15) is 42.1 Å². The highest BCUT2D eigenvalue weighted by Crippen LogP contribution is 2.33. The molecule has 3 aliphatic heterocycles. The number of hydrogen-bond acceptors (Lipinski definition) is 8. The van der Waals surface area contributed by atoms with Crippen LogP contribution in [0.2, 0.25) is 5.02 Å². The van der Waals surface area contributed by atoms with Gasteiger partial charge in [-0.25, -0.2) is 9.78 Å². The van der Waals surface area contributed by atoms with Gasteiger partial charge in [-0.2, -0.15) is 0 Å². The summed E-state index contributed by atoms with van der Waals surface area (Å²) in [6, 6.07) is 9.46. The molecule has 2 atom stereocenters. The Hall–Kier alpha value is -3.57. The van der Waals surface area contributed by atoms with Crippen LogP contribution in [0.4, 0.5) is 22.1 Å². The molecule has 0 radical (unpaired) electrons. The van der Waals surface area contributed by atoms with E-state index in [2.05, 4.69) is 4.90 Å². The van der Waals surface area contributed by atoms with E-state index >= 15 is 0 Å². The molecule has 11 nitrogen and oxygen atoms in total. The number of hydrogen-bond donors (Lipinski definition) is 0. The van der Waals surface area contributed by atoms with E-state index in [0.717, 1.165) is 56.2 Å². The number of ether oxygens (including phenoxy) is 1. The molecule has 1 aromatic carbocycles. The number of benzene rings is 1. The van der Waals surface area contributed by atoms with Gasteiger partial charge in [-0.15, -0.1) is 0 Å². The van der Waals surface area contributed by atoms with E-state index in [0.29, 0.717) is 60.7 Å². The lowest BCUT2D eigenvalue weighted by Gasteiger charge is -2.32. The highest BCUT2D eigenvalue weighted by atomic mass is 35.5. The molecule has 2 aromatic rings. The first-order valence-corrected chi connectivity index (χ1v) is 16.7. The zero-order valence-electron chi connectivity index (χ0n) is 28.0. The third-order valence-corrected chi connectivity index (χ3v) is 9.93. The summed E-state index contributed by atoms with van der Waals surface area (Å²) >= 11 is 6.45. The number of piperidine rings is 1. The summed E-state index contributed by atoms with van der Waals surface area (Å²) in [4.78, 5) is 55.3. The molecule has 1 aromatic heterocycles. The number of halogens is 1. The number of nitrogens with zero attached hydrogens (tertiary/aromatic N) is 7. The maximum atomic E-state index is 13.6. The largest absolute Gasteiger partial charge is 0.446 e. The first-order valence-electron chi connectivity index (χ1n) is 16.3. The highest BCUT2D eigenvalue weighted by molar-refractivity contribution is 6.31. The maximum Gasteiger partial charge on any atom is 0.414 e. The number of aryl methyl sites for hydroxylation is 1. The fraction of sp³-hybridized carbons (Fsp3) is 0.588. The Morgan fingerprint density at radius 3 is 2.20 bits per heavy atom. The molecule has 0 saturated carbocycles. The normalized spacial score (nSPS) is 20.1. The van der Waals surface area contributed by atoms with Crippen LogP contribution >= 0.6 is 11.6 Å². The van der Waals surface area contributed by atoms with Gasteiger partial charge < -0.3 is 29.2 Å².